The molecule has 0 aliphatic heterocycles. The van der Waals surface area contributed by atoms with Crippen LogP contribution in [0.5, 0.6) is 0 Å². The Balaban J connectivity index is -0.0000000800. The zero-order valence-corrected chi connectivity index (χ0v) is 5.35. The Kier molecular flexibility index (Phi) is 14.4. The van der Waals surface area contributed by atoms with Gasteiger partial charge in [0.25, 0.3) is 0 Å². The van der Waals surface area contributed by atoms with Crippen molar-refractivity contribution >= 4 is 11.8 Å². The molecule has 0 radical (unpaired) electrons. The van der Waals surface area contributed by atoms with Crippen LogP contribution in [0.3, 0.4) is 0 Å². The van der Waals surface area contributed by atoms with Gasteiger partial charge in [0, 0.05) is 0 Å². The number of rotatable bonds is 2. The lowest BCUT2D eigenvalue weighted by molar-refractivity contribution is 1.46. The Bertz CT molecular complexity index is 19.2. The zero-order chi connectivity index (χ0) is 4.12. The first-order valence-corrected chi connectivity index (χ1v) is 3.15. The van der Waals surface area contributed by atoms with E-state index in [4.69, 9.17) is 0 Å². The monoisotopic (exact) mass is 108 g/mol. The summed E-state index contributed by atoms with van der Waals surface area (Å²) in [5, 5.41) is 0. The number of hydrogen-bond donors (Lipinski definition) is 1. The molecule has 0 aromatic rings. The summed E-state index contributed by atoms with van der Waals surface area (Å²) < 4.78 is 0. The lowest BCUT2D eigenvalue weighted by atomic mass is 11.0. The molecule has 0 bridgehead atoms. The molecular weight excluding hydrogens is 94.1 g/mol. The highest BCUT2D eigenvalue weighted by Crippen LogP contribution is 1.93. The third-order valence-corrected chi connectivity index (χ3v) is 1.22. The van der Waals surface area contributed by atoms with Crippen molar-refractivity contribution in [1.82, 2.24) is 6.15 Å². The lowest BCUT2D eigenvalue weighted by Crippen LogP contribution is -1.64. The summed E-state index contributed by atoms with van der Waals surface area (Å²) in [4.78, 5) is 0. The summed E-state index contributed by atoms with van der Waals surface area (Å²) in [5.74, 6) is 2.52. The second-order valence-electron chi connectivity index (χ2n) is 0.781. The maximum Gasteiger partial charge on any atom is 1.00 e. The third-order valence-electron chi connectivity index (χ3n) is 0.408. The fraction of sp³-hybridized carbons (Fsp3) is 1.00. The lowest BCUT2D eigenvalue weighted by Gasteiger charge is -1.80. The van der Waals surface area contributed by atoms with Crippen LogP contribution in [0.4, 0.5) is 0 Å². The van der Waals surface area contributed by atoms with E-state index in [-0.39, 0.29) is 7.58 Å². The molecule has 0 aliphatic rings. The van der Waals surface area contributed by atoms with Crippen molar-refractivity contribution in [3.8, 4) is 0 Å². The molecule has 6 heavy (non-hydrogen) atoms. The minimum Gasteiger partial charge on any atom is -0.344 e. The average Bonchev–Trinajstić information content (AvgIpc) is 1.41. The first-order valence-electron chi connectivity index (χ1n) is 1.99. The van der Waals surface area contributed by atoms with Gasteiger partial charge in [0.05, 0.1) is 0 Å². The molecular formula is C4H14NS+. The largest absolute Gasteiger partial charge is 1.00 e. The highest BCUT2D eigenvalue weighted by Gasteiger charge is 1.67. The van der Waals surface area contributed by atoms with E-state index in [1.165, 1.54) is 11.5 Å². The van der Waals surface area contributed by atoms with Gasteiger partial charge in [-0.15, -0.1) is 0 Å². The van der Waals surface area contributed by atoms with Gasteiger partial charge in [-0.3, -0.25) is 0 Å². The van der Waals surface area contributed by atoms with Crippen molar-refractivity contribution in [2.75, 3.05) is 11.5 Å². The van der Waals surface area contributed by atoms with E-state index in [2.05, 4.69) is 13.8 Å². The molecule has 0 saturated heterocycles. The molecule has 0 aromatic carbocycles. The topological polar surface area (TPSA) is 35.0 Å². The van der Waals surface area contributed by atoms with Crippen LogP contribution in [0.1, 0.15) is 15.3 Å². The van der Waals surface area contributed by atoms with E-state index in [1.807, 2.05) is 11.8 Å². The summed E-state index contributed by atoms with van der Waals surface area (Å²) in [7, 11) is 0. The Morgan fingerprint density at radius 1 is 1.33 bits per heavy atom. The maximum atomic E-state index is 2.17. The van der Waals surface area contributed by atoms with E-state index >= 15 is 0 Å². The van der Waals surface area contributed by atoms with Gasteiger partial charge in [-0.05, 0) is 11.5 Å². The Labute approximate surface area is 45.6 Å². The van der Waals surface area contributed by atoms with Crippen LogP contribution in [0.2, 0.25) is 0 Å². The quantitative estimate of drug-likeness (QED) is 0.587. The highest BCUT2D eigenvalue weighted by molar-refractivity contribution is 7.99. The predicted octanol–water partition coefficient (Wildman–Crippen LogP) is 2.03. The van der Waals surface area contributed by atoms with Gasteiger partial charge in [-0.25, -0.2) is 0 Å². The molecule has 0 unspecified atom stereocenters. The Hall–Kier alpha value is 0.310. The molecule has 0 rings (SSSR count). The van der Waals surface area contributed by atoms with Gasteiger partial charge in [-0.1, -0.05) is 13.8 Å². The molecule has 0 atom stereocenters. The van der Waals surface area contributed by atoms with Gasteiger partial charge in [0.15, 0.2) is 0 Å². The molecule has 0 heterocycles. The zero-order valence-electron chi connectivity index (χ0n) is 5.53. The Morgan fingerprint density at radius 2 is 1.67 bits per heavy atom. The van der Waals surface area contributed by atoms with Crippen molar-refractivity contribution in [1.29, 1.82) is 0 Å². The Morgan fingerprint density at radius 3 is 1.67 bits per heavy atom. The van der Waals surface area contributed by atoms with Crippen LogP contribution < -0.4 is 6.15 Å². The van der Waals surface area contributed by atoms with Crippen LogP contribution in [0, 0.1) is 0 Å². The van der Waals surface area contributed by atoms with Crippen molar-refractivity contribution in [2.24, 2.45) is 0 Å². The first kappa shape index (κ1) is 9.58. The van der Waals surface area contributed by atoms with Gasteiger partial charge in [0.2, 0.25) is 0 Å². The molecule has 0 saturated carbocycles. The molecule has 0 fully saturated rings. The summed E-state index contributed by atoms with van der Waals surface area (Å²) in [6.07, 6.45) is 0. The molecule has 0 spiro atoms. The molecule has 0 aliphatic carbocycles. The van der Waals surface area contributed by atoms with Crippen molar-refractivity contribution < 1.29 is 1.43 Å². The normalized spacial score (nSPS) is 7.00. The van der Waals surface area contributed by atoms with Gasteiger partial charge in [-0.2, -0.15) is 11.8 Å². The molecule has 40 valence electrons. The molecule has 2 heteroatoms. The van der Waals surface area contributed by atoms with Crippen LogP contribution in [0.15, 0.2) is 0 Å². The number of thioether (sulfide) groups is 1. The second kappa shape index (κ2) is 9.00. The van der Waals surface area contributed by atoms with E-state index in [9.17, 15) is 0 Å². The van der Waals surface area contributed by atoms with E-state index in [0.29, 0.717) is 0 Å². The second-order valence-corrected chi connectivity index (χ2v) is 2.34. The SMILES string of the molecule is CCSCC.N.[H+]. The fourth-order valence-electron chi connectivity index (χ4n) is 0.204. The standard InChI is InChI=1S/C4H10S.H3N/c1-3-5-4-2;/h3-4H2,1-2H3;1H3/p+1. The summed E-state index contributed by atoms with van der Waals surface area (Å²) >= 11 is 1.96. The van der Waals surface area contributed by atoms with E-state index in [1.54, 1.807) is 0 Å². The van der Waals surface area contributed by atoms with Crippen LogP contribution in [-0.2, 0) is 0 Å². The third kappa shape index (κ3) is 8.85. The first-order chi connectivity index (χ1) is 2.41. The van der Waals surface area contributed by atoms with Crippen LogP contribution >= 0.6 is 11.8 Å². The smallest absolute Gasteiger partial charge is 0.344 e. The highest BCUT2D eigenvalue weighted by atomic mass is 32.2. The summed E-state index contributed by atoms with van der Waals surface area (Å²) in [5.41, 5.74) is 0. The minimum atomic E-state index is 0. The van der Waals surface area contributed by atoms with Gasteiger partial charge >= 0.3 is 1.43 Å². The predicted molar refractivity (Wildman–Crippen MR) is 34.8 cm³/mol. The average molecular weight is 108 g/mol. The van der Waals surface area contributed by atoms with Crippen molar-refractivity contribution in [3.05, 3.63) is 0 Å². The van der Waals surface area contributed by atoms with Gasteiger partial charge < -0.3 is 6.15 Å². The molecule has 1 nitrogen and oxygen atoms in total. The summed E-state index contributed by atoms with van der Waals surface area (Å²) in [6, 6.07) is 0. The van der Waals surface area contributed by atoms with E-state index in [0.717, 1.165) is 0 Å². The van der Waals surface area contributed by atoms with Crippen LogP contribution in [-0.4, -0.2) is 11.5 Å². The maximum absolute atomic E-state index is 2.17. The molecule has 0 amide bonds. The fourth-order valence-corrected chi connectivity index (χ4v) is 0.612. The number of hydrogen-bond acceptors (Lipinski definition) is 2. The van der Waals surface area contributed by atoms with Crippen LogP contribution in [0.25, 0.3) is 0 Å². The van der Waals surface area contributed by atoms with Crippen molar-refractivity contribution in [3.63, 3.8) is 0 Å². The molecule has 3 N–H and O–H groups in total. The van der Waals surface area contributed by atoms with Gasteiger partial charge in [0.1, 0.15) is 0 Å². The minimum absolute atomic E-state index is 0. The van der Waals surface area contributed by atoms with E-state index < -0.39 is 0 Å². The molecule has 0 aromatic heterocycles. The van der Waals surface area contributed by atoms with Crippen molar-refractivity contribution in [2.45, 2.75) is 13.8 Å². The summed E-state index contributed by atoms with van der Waals surface area (Å²) in [6.45, 7) is 4.35.